The second-order valence-electron chi connectivity index (χ2n) is 9.82. The molecule has 2 saturated heterocycles. The van der Waals surface area contributed by atoms with E-state index in [1.165, 1.54) is 4.57 Å². The second kappa shape index (κ2) is 9.37. The lowest BCUT2D eigenvalue weighted by Gasteiger charge is -2.39. The molecule has 1 aromatic heterocycles. The zero-order valence-corrected chi connectivity index (χ0v) is 19.5. The van der Waals surface area contributed by atoms with Crippen molar-refractivity contribution in [2.75, 3.05) is 39.4 Å². The topological polar surface area (TPSA) is 88.7 Å². The number of hydrogen-bond donors (Lipinski definition) is 2. The van der Waals surface area contributed by atoms with Gasteiger partial charge < -0.3 is 20.1 Å². The number of fused-ring (bicyclic) bond motifs is 1. The van der Waals surface area contributed by atoms with Gasteiger partial charge in [0.2, 0.25) is 0 Å². The zero-order valence-electron chi connectivity index (χ0n) is 19.5. The van der Waals surface area contributed by atoms with E-state index in [1.54, 1.807) is 4.57 Å². The largest absolute Gasteiger partial charge is 0.388 e. The van der Waals surface area contributed by atoms with Gasteiger partial charge in [0.05, 0.1) is 16.6 Å². The average molecular weight is 445 g/mol. The van der Waals surface area contributed by atoms with Crippen molar-refractivity contribution < 1.29 is 14.6 Å². The molecule has 2 N–H and O–H groups in total. The minimum absolute atomic E-state index is 0.0317. The number of piperidine rings is 1. The number of benzene rings is 1. The van der Waals surface area contributed by atoms with Crippen molar-refractivity contribution in [2.45, 2.75) is 58.1 Å². The molecule has 1 amide bonds. The summed E-state index contributed by atoms with van der Waals surface area (Å²) in [7, 11) is 0. The lowest BCUT2D eigenvalue weighted by molar-refractivity contribution is -0.0829. The summed E-state index contributed by atoms with van der Waals surface area (Å²) in [6.45, 7) is 10.2. The number of carbonyl (C=O) groups is 1. The van der Waals surface area contributed by atoms with Crippen LogP contribution in [0.3, 0.4) is 0 Å². The van der Waals surface area contributed by atoms with Crippen molar-refractivity contribution in [3.8, 4) is 0 Å². The van der Waals surface area contributed by atoms with E-state index in [0.29, 0.717) is 50.6 Å². The number of rotatable bonds is 5. The van der Waals surface area contributed by atoms with Gasteiger partial charge in [0.25, 0.3) is 0 Å². The lowest BCUT2D eigenvalue weighted by atomic mass is 9.91. The number of imidazole rings is 1. The molecule has 32 heavy (non-hydrogen) atoms. The number of nitrogens with one attached hydrogen (secondary N) is 1. The van der Waals surface area contributed by atoms with Crippen LogP contribution in [0.2, 0.25) is 0 Å². The molecule has 2 aromatic rings. The highest BCUT2D eigenvalue weighted by atomic mass is 16.5. The molecule has 2 aliphatic heterocycles. The molecule has 0 atom stereocenters. The van der Waals surface area contributed by atoms with Gasteiger partial charge >= 0.3 is 11.7 Å². The summed E-state index contributed by atoms with van der Waals surface area (Å²) in [5, 5.41) is 13.7. The zero-order chi connectivity index (χ0) is 22.9. The molecule has 8 nitrogen and oxygen atoms in total. The van der Waals surface area contributed by atoms with E-state index < -0.39 is 5.60 Å². The number of amides is 1. The van der Waals surface area contributed by atoms with Crippen molar-refractivity contribution in [2.24, 2.45) is 5.92 Å². The summed E-state index contributed by atoms with van der Waals surface area (Å²) in [6.07, 6.45) is 3.33. The van der Waals surface area contributed by atoms with E-state index in [2.05, 4.69) is 10.2 Å². The minimum Gasteiger partial charge on any atom is -0.388 e. The number of aliphatic hydroxyl groups is 1. The predicted octanol–water partition coefficient (Wildman–Crippen LogP) is 2.50. The van der Waals surface area contributed by atoms with Crippen LogP contribution >= 0.6 is 0 Å². The molecule has 0 saturated carbocycles. The number of carbonyl (C=O) groups excluding carboxylic acids is 1. The first kappa shape index (κ1) is 23.0. The van der Waals surface area contributed by atoms with Gasteiger partial charge in [-0.2, -0.15) is 0 Å². The van der Waals surface area contributed by atoms with Crippen LogP contribution < -0.4 is 11.0 Å². The molecule has 8 heteroatoms. The molecule has 3 heterocycles. The van der Waals surface area contributed by atoms with Gasteiger partial charge in [0.15, 0.2) is 0 Å². The van der Waals surface area contributed by atoms with Crippen LogP contribution in [0.15, 0.2) is 23.0 Å². The van der Waals surface area contributed by atoms with Gasteiger partial charge in [0, 0.05) is 45.2 Å². The Kier molecular flexibility index (Phi) is 6.74. The third-order valence-electron chi connectivity index (χ3n) is 6.94. The molecule has 2 fully saturated rings. The summed E-state index contributed by atoms with van der Waals surface area (Å²) < 4.78 is 8.32. The Morgan fingerprint density at radius 3 is 2.56 bits per heavy atom. The molecule has 0 unspecified atom stereocenters. The number of β-amino-alcohol motifs (C(OH)–C–C–N with tert-alkyl or cyclic N) is 1. The Hall–Kier alpha value is -2.16. The molecule has 0 radical (unpaired) electrons. The maximum atomic E-state index is 13.0. The number of nitrogens with zero attached hydrogens (tertiary/aromatic N) is 3. The molecular formula is C24H36N4O4. The minimum atomic E-state index is -0.635. The van der Waals surface area contributed by atoms with Gasteiger partial charge in [-0.1, -0.05) is 6.07 Å². The van der Waals surface area contributed by atoms with E-state index in [1.807, 2.05) is 39.0 Å². The first-order chi connectivity index (χ1) is 15.3. The van der Waals surface area contributed by atoms with E-state index in [9.17, 15) is 14.7 Å². The fraction of sp³-hybridized carbons (Fsp3) is 0.667. The molecule has 176 valence electrons. The standard InChI is InChI=1S/C24H36N4O4/c1-17(2)27-21-14-18(3)4-5-20(21)28(23(27)30)22(29)25-15-19-6-10-26(11-7-19)16-24(31)8-12-32-13-9-24/h4-5,14,17,19,31H,6-13,15-16H2,1-3H3,(H,25,29). The lowest BCUT2D eigenvalue weighted by Crippen LogP contribution is -2.49. The molecule has 2 aliphatic rings. The van der Waals surface area contributed by atoms with E-state index in [0.717, 1.165) is 37.0 Å². The first-order valence-corrected chi connectivity index (χ1v) is 11.8. The van der Waals surface area contributed by atoms with Crippen molar-refractivity contribution >= 4 is 17.1 Å². The highest BCUT2D eigenvalue weighted by molar-refractivity contribution is 5.89. The molecule has 0 spiro atoms. The SMILES string of the molecule is Cc1ccc2c(c1)n(C(C)C)c(=O)n2C(=O)NCC1CCN(CC2(O)CCOCC2)CC1. The summed E-state index contributed by atoms with van der Waals surface area (Å²) in [4.78, 5) is 28.3. The normalized spacial score (nSPS) is 20.2. The Morgan fingerprint density at radius 2 is 1.91 bits per heavy atom. The number of aryl methyl sites for hydroxylation is 1. The van der Waals surface area contributed by atoms with Gasteiger partial charge in [0.1, 0.15) is 0 Å². The van der Waals surface area contributed by atoms with Crippen molar-refractivity contribution in [3.63, 3.8) is 0 Å². The van der Waals surface area contributed by atoms with Crippen LogP contribution in [-0.2, 0) is 4.74 Å². The van der Waals surface area contributed by atoms with Gasteiger partial charge in [-0.05, 0) is 70.3 Å². The number of ether oxygens (including phenoxy) is 1. The van der Waals surface area contributed by atoms with Crippen LogP contribution in [0.1, 0.15) is 51.1 Å². The van der Waals surface area contributed by atoms with E-state index >= 15 is 0 Å². The first-order valence-electron chi connectivity index (χ1n) is 11.8. The van der Waals surface area contributed by atoms with E-state index in [4.69, 9.17) is 4.74 Å². The Morgan fingerprint density at radius 1 is 1.22 bits per heavy atom. The molecule has 0 bridgehead atoms. The highest BCUT2D eigenvalue weighted by Crippen LogP contribution is 2.25. The Bertz CT molecular complexity index is 1010. The van der Waals surface area contributed by atoms with Crippen molar-refractivity contribution in [3.05, 3.63) is 34.2 Å². The highest BCUT2D eigenvalue weighted by Gasteiger charge is 2.33. The maximum absolute atomic E-state index is 13.0. The van der Waals surface area contributed by atoms with Crippen LogP contribution in [0.25, 0.3) is 11.0 Å². The van der Waals surface area contributed by atoms with Gasteiger partial charge in [-0.3, -0.25) is 4.57 Å². The molecule has 4 rings (SSSR count). The van der Waals surface area contributed by atoms with Crippen LogP contribution in [0.4, 0.5) is 4.79 Å². The Balaban J connectivity index is 1.36. The molecular weight excluding hydrogens is 408 g/mol. The fourth-order valence-corrected chi connectivity index (χ4v) is 5.01. The van der Waals surface area contributed by atoms with Crippen LogP contribution in [0.5, 0.6) is 0 Å². The number of aromatic nitrogens is 2. The Labute approximate surface area is 189 Å². The molecule has 1 aromatic carbocycles. The summed E-state index contributed by atoms with van der Waals surface area (Å²) >= 11 is 0. The van der Waals surface area contributed by atoms with Crippen molar-refractivity contribution in [1.82, 2.24) is 19.4 Å². The summed E-state index contributed by atoms with van der Waals surface area (Å²) in [5.41, 5.74) is 1.56. The fourth-order valence-electron chi connectivity index (χ4n) is 5.01. The third kappa shape index (κ3) is 4.77. The van der Waals surface area contributed by atoms with Crippen LogP contribution in [0, 0.1) is 12.8 Å². The smallest absolute Gasteiger partial charge is 0.337 e. The van der Waals surface area contributed by atoms with Crippen molar-refractivity contribution in [1.29, 1.82) is 0 Å². The summed E-state index contributed by atoms with van der Waals surface area (Å²) in [5.74, 6) is 0.371. The predicted molar refractivity (Wildman–Crippen MR) is 124 cm³/mol. The second-order valence-corrected chi connectivity index (χ2v) is 9.82. The van der Waals surface area contributed by atoms with Crippen LogP contribution in [-0.4, -0.2) is 70.2 Å². The number of likely N-dealkylation sites (tertiary alicyclic amines) is 1. The number of hydrogen-bond acceptors (Lipinski definition) is 5. The maximum Gasteiger partial charge on any atom is 0.337 e. The van der Waals surface area contributed by atoms with E-state index in [-0.39, 0.29) is 17.8 Å². The molecule has 0 aliphatic carbocycles. The summed E-state index contributed by atoms with van der Waals surface area (Å²) in [6, 6.07) is 5.35. The third-order valence-corrected chi connectivity index (χ3v) is 6.94. The average Bonchev–Trinajstić information content (AvgIpc) is 3.04. The van der Waals surface area contributed by atoms with Gasteiger partial charge in [-0.15, -0.1) is 0 Å². The quantitative estimate of drug-likeness (QED) is 0.740. The monoisotopic (exact) mass is 444 g/mol. The van der Waals surface area contributed by atoms with Gasteiger partial charge in [-0.25, -0.2) is 14.2 Å².